The highest BCUT2D eigenvalue weighted by Gasteiger charge is 2.01. The summed E-state index contributed by atoms with van der Waals surface area (Å²) in [5, 5.41) is 10.8. The van der Waals surface area contributed by atoms with Crippen LogP contribution < -0.4 is 5.32 Å². The quantitative estimate of drug-likeness (QED) is 0.607. The second-order valence-electron chi connectivity index (χ2n) is 2.49. The van der Waals surface area contributed by atoms with Crippen molar-refractivity contribution in [3.63, 3.8) is 0 Å². The van der Waals surface area contributed by atoms with Crippen LogP contribution in [0.4, 0.5) is 0 Å². The van der Waals surface area contributed by atoms with Gasteiger partial charge in [-0.3, -0.25) is 4.79 Å². The smallest absolute Gasteiger partial charge is 0.328 e. The third kappa shape index (κ3) is 5.46. The van der Waals surface area contributed by atoms with Crippen molar-refractivity contribution in [2.75, 3.05) is 0 Å². The lowest BCUT2D eigenvalue weighted by Crippen LogP contribution is -2.30. The van der Waals surface area contributed by atoms with E-state index in [1.54, 1.807) is 0 Å². The SMILES string of the molecule is CCC(C)NC(=O)C=CC(=O)O. The standard InChI is InChI=1S/C8H13NO3/c1-3-6(2)9-7(10)4-5-8(11)12/h4-6H,3H2,1-2H3,(H,9,10)(H,11,12). The van der Waals surface area contributed by atoms with Crippen LogP contribution in [0.5, 0.6) is 0 Å². The van der Waals surface area contributed by atoms with Gasteiger partial charge in [0.15, 0.2) is 0 Å². The van der Waals surface area contributed by atoms with Gasteiger partial charge in [-0.2, -0.15) is 0 Å². The number of amides is 1. The van der Waals surface area contributed by atoms with Crippen molar-refractivity contribution < 1.29 is 14.7 Å². The molecule has 1 atom stereocenters. The van der Waals surface area contributed by atoms with Crippen LogP contribution in [0, 0.1) is 0 Å². The number of carboxylic acids is 1. The van der Waals surface area contributed by atoms with E-state index in [1.165, 1.54) is 0 Å². The fourth-order valence-electron chi connectivity index (χ4n) is 0.540. The molecule has 0 aliphatic rings. The molecule has 0 aromatic heterocycles. The van der Waals surface area contributed by atoms with Crippen LogP contribution in [-0.2, 0) is 9.59 Å². The minimum atomic E-state index is -1.12. The van der Waals surface area contributed by atoms with E-state index in [2.05, 4.69) is 5.32 Å². The molecule has 0 bridgehead atoms. The first kappa shape index (κ1) is 10.7. The molecule has 0 rings (SSSR count). The molecule has 1 unspecified atom stereocenters. The summed E-state index contributed by atoms with van der Waals surface area (Å²) in [5.74, 6) is -1.49. The van der Waals surface area contributed by atoms with Crippen molar-refractivity contribution in [1.29, 1.82) is 0 Å². The van der Waals surface area contributed by atoms with Gasteiger partial charge < -0.3 is 10.4 Å². The van der Waals surface area contributed by atoms with Gasteiger partial charge in [-0.15, -0.1) is 0 Å². The Morgan fingerprint density at radius 3 is 2.50 bits per heavy atom. The van der Waals surface area contributed by atoms with Crippen molar-refractivity contribution in [2.45, 2.75) is 26.3 Å². The normalized spacial score (nSPS) is 12.8. The van der Waals surface area contributed by atoms with Crippen LogP contribution in [0.2, 0.25) is 0 Å². The van der Waals surface area contributed by atoms with Gasteiger partial charge in [0.1, 0.15) is 0 Å². The Morgan fingerprint density at radius 1 is 1.50 bits per heavy atom. The van der Waals surface area contributed by atoms with Gasteiger partial charge in [-0.1, -0.05) is 6.92 Å². The first-order chi connectivity index (χ1) is 5.56. The molecule has 0 aliphatic heterocycles. The van der Waals surface area contributed by atoms with Crippen molar-refractivity contribution >= 4 is 11.9 Å². The van der Waals surface area contributed by atoms with Crippen LogP contribution in [0.3, 0.4) is 0 Å². The lowest BCUT2D eigenvalue weighted by atomic mass is 10.2. The largest absolute Gasteiger partial charge is 0.478 e. The second kappa shape index (κ2) is 5.35. The fourth-order valence-corrected chi connectivity index (χ4v) is 0.540. The van der Waals surface area contributed by atoms with Gasteiger partial charge in [0.05, 0.1) is 0 Å². The first-order valence-corrected chi connectivity index (χ1v) is 3.77. The summed E-state index contributed by atoms with van der Waals surface area (Å²) in [6, 6.07) is 0.0796. The van der Waals surface area contributed by atoms with Crippen molar-refractivity contribution in [3.05, 3.63) is 12.2 Å². The van der Waals surface area contributed by atoms with Gasteiger partial charge in [0.25, 0.3) is 0 Å². The molecule has 4 nitrogen and oxygen atoms in total. The number of hydrogen-bond acceptors (Lipinski definition) is 2. The molecule has 0 saturated carbocycles. The maximum absolute atomic E-state index is 10.9. The van der Waals surface area contributed by atoms with Gasteiger partial charge in [0, 0.05) is 18.2 Å². The monoisotopic (exact) mass is 171 g/mol. The molecular weight excluding hydrogens is 158 g/mol. The fraction of sp³-hybridized carbons (Fsp3) is 0.500. The number of carbonyl (C=O) groups is 2. The van der Waals surface area contributed by atoms with E-state index in [-0.39, 0.29) is 11.9 Å². The number of nitrogens with one attached hydrogen (secondary N) is 1. The highest BCUT2D eigenvalue weighted by Crippen LogP contribution is 1.87. The lowest BCUT2D eigenvalue weighted by molar-refractivity contribution is -0.131. The molecule has 0 fully saturated rings. The predicted octanol–water partition coefficient (Wildman–Crippen LogP) is 0.542. The molecule has 2 N–H and O–H groups in total. The number of hydrogen-bond donors (Lipinski definition) is 2. The number of rotatable bonds is 4. The summed E-state index contributed by atoms with van der Waals surface area (Å²) in [5.41, 5.74) is 0. The van der Waals surface area contributed by atoms with Crippen molar-refractivity contribution in [3.8, 4) is 0 Å². The highest BCUT2D eigenvalue weighted by molar-refractivity contribution is 5.93. The van der Waals surface area contributed by atoms with Crippen LogP contribution in [-0.4, -0.2) is 23.0 Å². The highest BCUT2D eigenvalue weighted by atomic mass is 16.4. The lowest BCUT2D eigenvalue weighted by Gasteiger charge is -2.07. The zero-order valence-corrected chi connectivity index (χ0v) is 7.20. The molecule has 0 aromatic rings. The average Bonchev–Trinajstić information content (AvgIpc) is 2.00. The molecule has 0 saturated heterocycles. The summed E-state index contributed by atoms with van der Waals surface area (Å²) in [6.45, 7) is 3.79. The summed E-state index contributed by atoms with van der Waals surface area (Å²) < 4.78 is 0. The van der Waals surface area contributed by atoms with E-state index >= 15 is 0 Å². The Kier molecular flexibility index (Phi) is 4.76. The zero-order valence-electron chi connectivity index (χ0n) is 7.20. The maximum atomic E-state index is 10.9. The molecule has 1 amide bonds. The Labute approximate surface area is 71.3 Å². The Morgan fingerprint density at radius 2 is 2.08 bits per heavy atom. The van der Waals surface area contributed by atoms with Crippen LogP contribution in [0.1, 0.15) is 20.3 Å². The van der Waals surface area contributed by atoms with Crippen LogP contribution >= 0.6 is 0 Å². The zero-order chi connectivity index (χ0) is 9.56. The van der Waals surface area contributed by atoms with Crippen molar-refractivity contribution in [1.82, 2.24) is 5.32 Å². The Hall–Kier alpha value is -1.32. The van der Waals surface area contributed by atoms with E-state index in [4.69, 9.17) is 5.11 Å². The molecule has 0 radical (unpaired) electrons. The summed E-state index contributed by atoms with van der Waals surface area (Å²) in [6.07, 6.45) is 2.65. The Balaban J connectivity index is 3.81. The molecule has 0 aliphatic carbocycles. The predicted molar refractivity (Wildman–Crippen MR) is 44.7 cm³/mol. The first-order valence-electron chi connectivity index (χ1n) is 3.77. The van der Waals surface area contributed by atoms with E-state index < -0.39 is 5.97 Å². The summed E-state index contributed by atoms with van der Waals surface area (Å²) in [7, 11) is 0. The van der Waals surface area contributed by atoms with Crippen molar-refractivity contribution in [2.24, 2.45) is 0 Å². The minimum absolute atomic E-state index is 0.0796. The van der Waals surface area contributed by atoms with Crippen LogP contribution in [0.25, 0.3) is 0 Å². The molecule has 0 aromatic carbocycles. The average molecular weight is 171 g/mol. The van der Waals surface area contributed by atoms with Crippen LogP contribution in [0.15, 0.2) is 12.2 Å². The molecular formula is C8H13NO3. The van der Waals surface area contributed by atoms with Gasteiger partial charge >= 0.3 is 5.97 Å². The second-order valence-corrected chi connectivity index (χ2v) is 2.49. The molecule has 12 heavy (non-hydrogen) atoms. The summed E-state index contributed by atoms with van der Waals surface area (Å²) in [4.78, 5) is 20.8. The number of carbonyl (C=O) groups excluding carboxylic acids is 1. The molecule has 0 spiro atoms. The van der Waals surface area contributed by atoms with Gasteiger partial charge in [-0.05, 0) is 13.3 Å². The Bertz CT molecular complexity index is 198. The molecule has 68 valence electrons. The minimum Gasteiger partial charge on any atom is -0.478 e. The van der Waals surface area contributed by atoms with E-state index in [0.29, 0.717) is 0 Å². The summed E-state index contributed by atoms with van der Waals surface area (Å²) >= 11 is 0. The molecule has 0 heterocycles. The van der Waals surface area contributed by atoms with Gasteiger partial charge in [0.2, 0.25) is 5.91 Å². The molecule has 4 heteroatoms. The number of carboxylic acid groups (broad SMARTS) is 1. The van der Waals surface area contributed by atoms with E-state index in [1.807, 2.05) is 13.8 Å². The number of aliphatic carboxylic acids is 1. The third-order valence-corrected chi connectivity index (χ3v) is 1.38. The maximum Gasteiger partial charge on any atom is 0.328 e. The van der Waals surface area contributed by atoms with Gasteiger partial charge in [-0.25, -0.2) is 4.79 Å². The third-order valence-electron chi connectivity index (χ3n) is 1.38. The van der Waals surface area contributed by atoms with E-state index in [9.17, 15) is 9.59 Å². The topological polar surface area (TPSA) is 66.4 Å². The van der Waals surface area contributed by atoms with E-state index in [0.717, 1.165) is 18.6 Å².